The molecule has 1 amide bonds. The Morgan fingerprint density at radius 3 is 2.67 bits per heavy atom. The molecule has 1 atom stereocenters. The average Bonchev–Trinajstić information content (AvgIpc) is 2.66. The minimum absolute atomic E-state index is 0.0487. The fraction of sp³-hybridized carbons (Fsp3) is 0.786. The number of hydrogen-bond donors (Lipinski definition) is 1. The normalized spacial score (nSPS) is 18.2. The highest BCUT2D eigenvalue weighted by atomic mass is 32.2. The van der Waals surface area contributed by atoms with Crippen LogP contribution in [-0.2, 0) is 4.79 Å². The molecular formula is C14H26N2OS. The molecule has 0 aromatic rings. The van der Waals surface area contributed by atoms with E-state index in [-0.39, 0.29) is 11.9 Å². The lowest BCUT2D eigenvalue weighted by Crippen LogP contribution is -2.45. The maximum Gasteiger partial charge on any atom is 0.239 e. The van der Waals surface area contributed by atoms with Gasteiger partial charge < -0.3 is 10.2 Å². The molecule has 1 heterocycles. The molecule has 1 fully saturated rings. The fourth-order valence-electron chi connectivity index (χ4n) is 2.17. The number of thioether (sulfide) groups is 1. The summed E-state index contributed by atoms with van der Waals surface area (Å²) in [6.07, 6.45) is 6.77. The van der Waals surface area contributed by atoms with E-state index in [1.807, 2.05) is 29.7 Å². The van der Waals surface area contributed by atoms with Gasteiger partial charge in [-0.1, -0.05) is 18.9 Å². The maximum atomic E-state index is 12.2. The zero-order chi connectivity index (χ0) is 13.2. The van der Waals surface area contributed by atoms with E-state index in [9.17, 15) is 4.79 Å². The second kappa shape index (κ2) is 9.45. The van der Waals surface area contributed by atoms with E-state index in [4.69, 9.17) is 0 Å². The second-order valence-electron chi connectivity index (χ2n) is 4.78. The van der Waals surface area contributed by atoms with Crippen molar-refractivity contribution in [2.75, 3.05) is 31.1 Å². The lowest BCUT2D eigenvalue weighted by molar-refractivity contribution is -0.132. The van der Waals surface area contributed by atoms with Crippen molar-refractivity contribution in [3.8, 4) is 0 Å². The number of hydrogen-bond acceptors (Lipinski definition) is 3. The first-order chi connectivity index (χ1) is 8.75. The summed E-state index contributed by atoms with van der Waals surface area (Å²) in [7, 11) is 0. The molecule has 0 aliphatic carbocycles. The summed E-state index contributed by atoms with van der Waals surface area (Å²) in [6, 6.07) is -0.0487. The Morgan fingerprint density at radius 2 is 2.06 bits per heavy atom. The number of nitrogens with zero attached hydrogens (tertiary/aromatic N) is 1. The molecule has 0 radical (unpaired) electrons. The van der Waals surface area contributed by atoms with Crippen LogP contribution in [0.3, 0.4) is 0 Å². The minimum atomic E-state index is -0.0487. The number of carbonyl (C=O) groups is 1. The summed E-state index contributed by atoms with van der Waals surface area (Å²) in [4.78, 5) is 14.2. The minimum Gasteiger partial charge on any atom is -0.341 e. The van der Waals surface area contributed by atoms with Crippen LogP contribution in [0.1, 0.15) is 32.6 Å². The van der Waals surface area contributed by atoms with Crippen LogP contribution in [-0.4, -0.2) is 48.0 Å². The summed E-state index contributed by atoms with van der Waals surface area (Å²) in [5, 5.41) is 3.31. The lowest BCUT2D eigenvalue weighted by Gasteiger charge is -2.24. The van der Waals surface area contributed by atoms with Gasteiger partial charge in [-0.3, -0.25) is 4.79 Å². The predicted octanol–water partition coefficient (Wildman–Crippen LogP) is 2.29. The highest BCUT2D eigenvalue weighted by Gasteiger charge is 2.20. The van der Waals surface area contributed by atoms with E-state index in [0.29, 0.717) is 0 Å². The van der Waals surface area contributed by atoms with Crippen molar-refractivity contribution >= 4 is 17.7 Å². The SMILES string of the molecule is C=CCSCCNC(C)C(=O)N1CCCCCC1. The van der Waals surface area contributed by atoms with Gasteiger partial charge in [-0.2, -0.15) is 11.8 Å². The molecule has 1 saturated heterocycles. The Hall–Kier alpha value is -0.480. The third-order valence-corrected chi connectivity index (χ3v) is 4.18. The first kappa shape index (κ1) is 15.6. The molecule has 1 unspecified atom stereocenters. The zero-order valence-corrected chi connectivity index (χ0v) is 12.3. The third kappa shape index (κ3) is 5.91. The van der Waals surface area contributed by atoms with E-state index in [0.717, 1.165) is 44.0 Å². The zero-order valence-electron chi connectivity index (χ0n) is 11.5. The number of likely N-dealkylation sites (tertiary alicyclic amines) is 1. The summed E-state index contributed by atoms with van der Waals surface area (Å²) in [5.41, 5.74) is 0. The quantitative estimate of drug-likeness (QED) is 0.569. The summed E-state index contributed by atoms with van der Waals surface area (Å²) in [6.45, 7) is 8.44. The molecule has 18 heavy (non-hydrogen) atoms. The number of nitrogens with one attached hydrogen (secondary N) is 1. The van der Waals surface area contributed by atoms with Gasteiger partial charge in [0.2, 0.25) is 5.91 Å². The van der Waals surface area contributed by atoms with Crippen LogP contribution in [0, 0.1) is 0 Å². The molecule has 0 aromatic carbocycles. The Morgan fingerprint density at radius 1 is 1.39 bits per heavy atom. The molecule has 0 saturated carbocycles. The molecule has 1 rings (SSSR count). The van der Waals surface area contributed by atoms with Crippen molar-refractivity contribution in [2.45, 2.75) is 38.6 Å². The first-order valence-electron chi connectivity index (χ1n) is 6.96. The molecule has 0 spiro atoms. The number of rotatable bonds is 7. The molecule has 0 bridgehead atoms. The van der Waals surface area contributed by atoms with Gasteiger partial charge >= 0.3 is 0 Å². The van der Waals surface area contributed by atoms with E-state index in [1.54, 1.807) is 0 Å². The van der Waals surface area contributed by atoms with Crippen molar-refractivity contribution in [3.05, 3.63) is 12.7 Å². The topological polar surface area (TPSA) is 32.3 Å². The smallest absolute Gasteiger partial charge is 0.239 e. The Kier molecular flexibility index (Phi) is 8.18. The van der Waals surface area contributed by atoms with Gasteiger partial charge in [-0.25, -0.2) is 0 Å². The lowest BCUT2D eigenvalue weighted by atomic mass is 10.2. The molecule has 1 aliphatic rings. The fourth-order valence-corrected chi connectivity index (χ4v) is 2.76. The van der Waals surface area contributed by atoms with Crippen LogP contribution in [0.15, 0.2) is 12.7 Å². The van der Waals surface area contributed by atoms with Gasteiger partial charge in [0.1, 0.15) is 0 Å². The third-order valence-electron chi connectivity index (χ3n) is 3.22. The number of carbonyl (C=O) groups excluding carboxylic acids is 1. The molecule has 4 heteroatoms. The molecule has 3 nitrogen and oxygen atoms in total. The van der Waals surface area contributed by atoms with E-state index in [1.165, 1.54) is 12.8 Å². The van der Waals surface area contributed by atoms with Gasteiger partial charge in [0.15, 0.2) is 0 Å². The first-order valence-corrected chi connectivity index (χ1v) is 8.12. The van der Waals surface area contributed by atoms with Crippen molar-refractivity contribution in [1.82, 2.24) is 10.2 Å². The summed E-state index contributed by atoms with van der Waals surface area (Å²) < 4.78 is 0. The molecule has 1 aliphatic heterocycles. The largest absolute Gasteiger partial charge is 0.341 e. The molecule has 104 valence electrons. The maximum absolute atomic E-state index is 12.2. The average molecular weight is 270 g/mol. The van der Waals surface area contributed by atoms with Crippen molar-refractivity contribution in [1.29, 1.82) is 0 Å². The van der Waals surface area contributed by atoms with Crippen LogP contribution in [0.25, 0.3) is 0 Å². The highest BCUT2D eigenvalue weighted by Crippen LogP contribution is 2.10. The predicted molar refractivity (Wildman–Crippen MR) is 80.0 cm³/mol. The van der Waals surface area contributed by atoms with Gasteiger partial charge in [0.25, 0.3) is 0 Å². The summed E-state index contributed by atoms with van der Waals surface area (Å²) in [5.74, 6) is 2.28. The molecular weight excluding hydrogens is 244 g/mol. The Labute approximate surface area is 115 Å². The second-order valence-corrected chi connectivity index (χ2v) is 5.93. The van der Waals surface area contributed by atoms with Gasteiger partial charge in [0.05, 0.1) is 6.04 Å². The van der Waals surface area contributed by atoms with E-state index >= 15 is 0 Å². The highest BCUT2D eigenvalue weighted by molar-refractivity contribution is 7.99. The Bertz CT molecular complexity index is 250. The van der Waals surface area contributed by atoms with E-state index < -0.39 is 0 Å². The van der Waals surface area contributed by atoms with Crippen molar-refractivity contribution in [2.24, 2.45) is 0 Å². The Balaban J connectivity index is 2.20. The van der Waals surface area contributed by atoms with Crippen molar-refractivity contribution < 1.29 is 4.79 Å². The van der Waals surface area contributed by atoms with Crippen LogP contribution < -0.4 is 5.32 Å². The van der Waals surface area contributed by atoms with Crippen LogP contribution >= 0.6 is 11.8 Å². The number of amides is 1. The monoisotopic (exact) mass is 270 g/mol. The van der Waals surface area contributed by atoms with Crippen LogP contribution in [0.4, 0.5) is 0 Å². The van der Waals surface area contributed by atoms with Crippen LogP contribution in [0.2, 0.25) is 0 Å². The van der Waals surface area contributed by atoms with Crippen LogP contribution in [0.5, 0.6) is 0 Å². The van der Waals surface area contributed by atoms with Gasteiger partial charge in [-0.15, -0.1) is 6.58 Å². The summed E-state index contributed by atoms with van der Waals surface area (Å²) >= 11 is 1.84. The van der Waals surface area contributed by atoms with Gasteiger partial charge in [-0.05, 0) is 19.8 Å². The van der Waals surface area contributed by atoms with E-state index in [2.05, 4.69) is 11.9 Å². The standard InChI is InChI=1S/C14H26N2OS/c1-3-11-18-12-8-15-13(2)14(17)16-9-6-4-5-7-10-16/h3,13,15H,1,4-12H2,2H3. The molecule has 1 N–H and O–H groups in total. The van der Waals surface area contributed by atoms with Crippen molar-refractivity contribution in [3.63, 3.8) is 0 Å². The molecule has 0 aromatic heterocycles. The van der Waals surface area contributed by atoms with Gasteiger partial charge in [0, 0.05) is 31.1 Å².